The first-order valence-electron chi connectivity index (χ1n) is 10.2. The molecule has 0 saturated carbocycles. The molecule has 0 fully saturated rings. The maximum atomic E-state index is 12.9. The van der Waals surface area contributed by atoms with Crippen molar-refractivity contribution in [3.63, 3.8) is 0 Å². The van der Waals surface area contributed by atoms with E-state index in [1.807, 2.05) is 26.0 Å². The molecule has 168 valence electrons. The molecule has 0 saturated heterocycles. The van der Waals surface area contributed by atoms with E-state index in [2.05, 4.69) is 0 Å². The summed E-state index contributed by atoms with van der Waals surface area (Å²) in [6.07, 6.45) is 2.64. The van der Waals surface area contributed by atoms with E-state index in [1.54, 1.807) is 36.4 Å². The van der Waals surface area contributed by atoms with Crippen LogP contribution < -0.4 is 14.9 Å². The second-order valence-electron chi connectivity index (χ2n) is 7.53. The lowest BCUT2D eigenvalue weighted by Crippen LogP contribution is -2.10. The summed E-state index contributed by atoms with van der Waals surface area (Å²) in [5, 5.41) is 10.2. The summed E-state index contributed by atoms with van der Waals surface area (Å²) in [7, 11) is 0. The van der Waals surface area contributed by atoms with E-state index in [0.717, 1.165) is 11.1 Å². The maximum Gasteiger partial charge on any atom is 0.354 e. The van der Waals surface area contributed by atoms with Crippen LogP contribution in [-0.2, 0) is 4.79 Å². The van der Waals surface area contributed by atoms with E-state index in [-0.39, 0.29) is 33.5 Å². The SMILES string of the molecule is Cc1cc(Oc2coc3cc(OC(=O)/C(C#N)=C/c4ccccc4)ccc3c2=O)cc(C)c1Cl. The quantitative estimate of drug-likeness (QED) is 0.145. The first-order valence-corrected chi connectivity index (χ1v) is 10.6. The van der Waals surface area contributed by atoms with Crippen molar-refractivity contribution in [3.8, 4) is 23.3 Å². The van der Waals surface area contributed by atoms with Crippen LogP contribution in [0.5, 0.6) is 17.2 Å². The third-order valence-corrected chi connectivity index (χ3v) is 5.61. The lowest BCUT2D eigenvalue weighted by Gasteiger charge is -2.10. The Morgan fingerprint density at radius 1 is 1.03 bits per heavy atom. The summed E-state index contributed by atoms with van der Waals surface area (Å²) in [6.45, 7) is 3.70. The number of aryl methyl sites for hydroxylation is 2. The van der Waals surface area contributed by atoms with Crippen LogP contribution in [0, 0.1) is 25.2 Å². The molecule has 4 rings (SSSR count). The third-order valence-electron chi connectivity index (χ3n) is 5.01. The Bertz CT molecular complexity index is 1510. The molecule has 4 aromatic rings. The summed E-state index contributed by atoms with van der Waals surface area (Å²) in [5.74, 6) is -0.212. The zero-order valence-corrected chi connectivity index (χ0v) is 19.1. The van der Waals surface area contributed by atoms with Crippen molar-refractivity contribution < 1.29 is 18.7 Å². The minimum Gasteiger partial charge on any atom is -0.460 e. The number of hydrogen-bond acceptors (Lipinski definition) is 6. The number of rotatable bonds is 5. The van der Waals surface area contributed by atoms with Gasteiger partial charge in [-0.25, -0.2) is 4.79 Å². The van der Waals surface area contributed by atoms with E-state index < -0.39 is 5.97 Å². The summed E-state index contributed by atoms with van der Waals surface area (Å²) in [6, 6.07) is 18.6. The normalized spacial score (nSPS) is 11.2. The largest absolute Gasteiger partial charge is 0.460 e. The fourth-order valence-corrected chi connectivity index (χ4v) is 3.44. The average Bonchev–Trinajstić information content (AvgIpc) is 2.83. The topological polar surface area (TPSA) is 89.5 Å². The molecule has 0 aliphatic rings. The second kappa shape index (κ2) is 9.65. The Morgan fingerprint density at radius 2 is 1.74 bits per heavy atom. The van der Waals surface area contributed by atoms with E-state index in [1.165, 1.54) is 30.5 Å². The van der Waals surface area contributed by atoms with Crippen LogP contribution >= 0.6 is 11.6 Å². The van der Waals surface area contributed by atoms with Gasteiger partial charge in [-0.15, -0.1) is 0 Å². The standard InChI is InChI=1S/C27H18ClNO5/c1-16-10-21(11-17(2)25(16)28)33-24-15-32-23-13-20(8-9-22(23)26(24)30)34-27(31)19(14-29)12-18-6-4-3-5-7-18/h3-13,15H,1-2H3/b19-12+. The van der Waals surface area contributed by atoms with Gasteiger partial charge in [-0.3, -0.25) is 4.79 Å². The molecule has 0 bridgehead atoms. The fraction of sp³-hybridized carbons (Fsp3) is 0.0741. The van der Waals surface area contributed by atoms with Crippen molar-refractivity contribution in [2.75, 3.05) is 0 Å². The summed E-state index contributed by atoms with van der Waals surface area (Å²) in [4.78, 5) is 25.3. The number of carbonyl (C=O) groups is 1. The predicted octanol–water partition coefficient (Wildman–Crippen LogP) is 6.37. The van der Waals surface area contributed by atoms with E-state index >= 15 is 0 Å². The van der Waals surface area contributed by atoms with E-state index in [9.17, 15) is 14.9 Å². The van der Waals surface area contributed by atoms with Crippen molar-refractivity contribution in [1.82, 2.24) is 0 Å². The van der Waals surface area contributed by atoms with Gasteiger partial charge in [0.2, 0.25) is 11.2 Å². The van der Waals surface area contributed by atoms with Crippen molar-refractivity contribution in [1.29, 1.82) is 5.26 Å². The minimum atomic E-state index is -0.818. The Morgan fingerprint density at radius 3 is 2.41 bits per heavy atom. The molecule has 1 heterocycles. The molecule has 0 radical (unpaired) electrons. The molecule has 3 aromatic carbocycles. The maximum absolute atomic E-state index is 12.9. The van der Waals surface area contributed by atoms with Gasteiger partial charge in [-0.1, -0.05) is 41.9 Å². The number of esters is 1. The molecule has 0 aliphatic heterocycles. The van der Waals surface area contributed by atoms with Gasteiger partial charge in [-0.2, -0.15) is 5.26 Å². The van der Waals surface area contributed by atoms with Crippen LogP contribution in [0.15, 0.2) is 81.7 Å². The number of nitrogens with zero attached hydrogens (tertiary/aromatic N) is 1. The molecular formula is C27H18ClNO5. The highest BCUT2D eigenvalue weighted by atomic mass is 35.5. The summed E-state index contributed by atoms with van der Waals surface area (Å²) >= 11 is 6.19. The monoisotopic (exact) mass is 471 g/mol. The molecule has 0 N–H and O–H groups in total. The number of ether oxygens (including phenoxy) is 2. The zero-order chi connectivity index (χ0) is 24.2. The Balaban J connectivity index is 1.58. The number of nitriles is 1. The molecule has 0 spiro atoms. The van der Waals surface area contributed by atoms with Crippen LogP contribution in [-0.4, -0.2) is 5.97 Å². The fourth-order valence-electron chi connectivity index (χ4n) is 3.33. The molecule has 0 atom stereocenters. The highest BCUT2D eigenvalue weighted by molar-refractivity contribution is 6.32. The minimum absolute atomic E-state index is 0.0101. The van der Waals surface area contributed by atoms with Gasteiger partial charge >= 0.3 is 5.97 Å². The zero-order valence-electron chi connectivity index (χ0n) is 18.3. The first kappa shape index (κ1) is 22.8. The molecule has 0 unspecified atom stereocenters. The van der Waals surface area contributed by atoms with Gasteiger partial charge in [0, 0.05) is 11.1 Å². The van der Waals surface area contributed by atoms with Crippen LogP contribution in [0.3, 0.4) is 0 Å². The molecule has 1 aromatic heterocycles. The first-order chi connectivity index (χ1) is 16.4. The Labute approximate surface area is 200 Å². The Kier molecular flexibility index (Phi) is 6.48. The number of benzene rings is 3. The number of hydrogen-bond donors (Lipinski definition) is 0. The van der Waals surface area contributed by atoms with Crippen molar-refractivity contribution in [3.05, 3.63) is 104 Å². The lowest BCUT2D eigenvalue weighted by atomic mass is 10.1. The van der Waals surface area contributed by atoms with Crippen LogP contribution in [0.1, 0.15) is 16.7 Å². The molecule has 7 heteroatoms. The van der Waals surface area contributed by atoms with Gasteiger partial charge in [0.25, 0.3) is 0 Å². The van der Waals surface area contributed by atoms with Gasteiger partial charge in [0.05, 0.1) is 5.39 Å². The molecule has 34 heavy (non-hydrogen) atoms. The van der Waals surface area contributed by atoms with Crippen molar-refractivity contribution >= 4 is 34.6 Å². The van der Waals surface area contributed by atoms with Gasteiger partial charge < -0.3 is 13.9 Å². The number of fused-ring (bicyclic) bond motifs is 1. The third kappa shape index (κ3) is 4.85. The van der Waals surface area contributed by atoms with E-state index in [0.29, 0.717) is 16.3 Å². The number of halogens is 1. The molecule has 0 aliphatic carbocycles. The van der Waals surface area contributed by atoms with Crippen molar-refractivity contribution in [2.45, 2.75) is 13.8 Å². The van der Waals surface area contributed by atoms with Crippen LogP contribution in [0.25, 0.3) is 17.0 Å². The van der Waals surface area contributed by atoms with Gasteiger partial charge in [0.15, 0.2) is 0 Å². The molecule has 0 amide bonds. The molecular weight excluding hydrogens is 454 g/mol. The average molecular weight is 472 g/mol. The van der Waals surface area contributed by atoms with Gasteiger partial charge in [-0.05, 0) is 60.9 Å². The summed E-state index contributed by atoms with van der Waals surface area (Å²) in [5.41, 5.74) is 2.00. The smallest absolute Gasteiger partial charge is 0.354 e. The van der Waals surface area contributed by atoms with Gasteiger partial charge in [0.1, 0.15) is 35.0 Å². The highest BCUT2D eigenvalue weighted by Crippen LogP contribution is 2.29. The lowest BCUT2D eigenvalue weighted by molar-refractivity contribution is -0.129. The van der Waals surface area contributed by atoms with E-state index in [4.69, 9.17) is 25.5 Å². The highest BCUT2D eigenvalue weighted by Gasteiger charge is 2.15. The van der Waals surface area contributed by atoms with Crippen LogP contribution in [0.2, 0.25) is 5.02 Å². The van der Waals surface area contributed by atoms with Crippen molar-refractivity contribution in [2.24, 2.45) is 0 Å². The van der Waals surface area contributed by atoms with Crippen LogP contribution in [0.4, 0.5) is 0 Å². The number of carbonyl (C=O) groups excluding carboxylic acids is 1. The predicted molar refractivity (Wildman–Crippen MR) is 129 cm³/mol. The molecule has 6 nitrogen and oxygen atoms in total. The summed E-state index contributed by atoms with van der Waals surface area (Å²) < 4.78 is 16.6. The second-order valence-corrected chi connectivity index (χ2v) is 7.91. The Hall–Kier alpha value is -4.34.